The van der Waals surface area contributed by atoms with Crippen LogP contribution in [0.5, 0.6) is 23.0 Å². The molecule has 0 saturated heterocycles. The van der Waals surface area contributed by atoms with Gasteiger partial charge in [-0.1, -0.05) is 0 Å². The van der Waals surface area contributed by atoms with Gasteiger partial charge in [-0.15, -0.1) is 0 Å². The lowest BCUT2D eigenvalue weighted by molar-refractivity contribution is 0.146. The van der Waals surface area contributed by atoms with E-state index in [0.717, 1.165) is 29.8 Å². The van der Waals surface area contributed by atoms with E-state index in [1.165, 1.54) is 5.56 Å². The summed E-state index contributed by atoms with van der Waals surface area (Å²) < 4.78 is 21.5. The zero-order valence-electron chi connectivity index (χ0n) is 16.2. The molecule has 1 aliphatic rings. The molecule has 27 heavy (non-hydrogen) atoms. The van der Waals surface area contributed by atoms with Crippen molar-refractivity contribution in [2.45, 2.75) is 25.0 Å². The molecule has 2 aromatic rings. The van der Waals surface area contributed by atoms with Crippen LogP contribution in [0.2, 0.25) is 0 Å². The highest BCUT2D eigenvalue weighted by molar-refractivity contribution is 5.50. The summed E-state index contributed by atoms with van der Waals surface area (Å²) >= 11 is 0. The second-order valence-electron chi connectivity index (χ2n) is 6.52. The fourth-order valence-corrected chi connectivity index (χ4v) is 3.62. The second kappa shape index (κ2) is 8.50. The molecule has 6 nitrogen and oxygen atoms in total. The lowest BCUT2D eigenvalue weighted by atomic mass is 9.89. The third-order valence-electron chi connectivity index (χ3n) is 5.06. The van der Waals surface area contributed by atoms with Gasteiger partial charge < -0.3 is 29.4 Å². The van der Waals surface area contributed by atoms with Crippen molar-refractivity contribution in [1.82, 2.24) is 5.32 Å². The van der Waals surface area contributed by atoms with Gasteiger partial charge >= 0.3 is 0 Å². The normalized spacial score (nSPS) is 17.0. The first-order chi connectivity index (χ1) is 13.1. The second-order valence-corrected chi connectivity index (χ2v) is 6.52. The molecule has 0 amide bonds. The molecule has 0 bridgehead atoms. The first-order valence-electron chi connectivity index (χ1n) is 8.99. The maximum absolute atomic E-state index is 10.9. The Kier molecular flexibility index (Phi) is 6.08. The van der Waals surface area contributed by atoms with Gasteiger partial charge in [0.1, 0.15) is 11.5 Å². The maximum atomic E-state index is 10.9. The average molecular weight is 373 g/mol. The van der Waals surface area contributed by atoms with Gasteiger partial charge in [0.05, 0.1) is 34.5 Å². The van der Waals surface area contributed by atoms with E-state index < -0.39 is 6.10 Å². The van der Waals surface area contributed by atoms with Crippen LogP contribution in [0.4, 0.5) is 0 Å². The number of fused-ring (bicyclic) bond motifs is 1. The van der Waals surface area contributed by atoms with E-state index >= 15 is 0 Å². The number of methoxy groups -OCH3 is 4. The first kappa shape index (κ1) is 19.3. The molecule has 0 saturated carbocycles. The molecule has 1 heterocycles. The Hall–Kier alpha value is -2.44. The summed E-state index contributed by atoms with van der Waals surface area (Å²) in [5, 5.41) is 14.4. The van der Waals surface area contributed by atoms with E-state index in [1.54, 1.807) is 34.5 Å². The Morgan fingerprint density at radius 3 is 2.33 bits per heavy atom. The average Bonchev–Trinajstić information content (AvgIpc) is 2.72. The lowest BCUT2D eigenvalue weighted by Crippen LogP contribution is -2.31. The zero-order valence-corrected chi connectivity index (χ0v) is 16.2. The molecule has 3 rings (SSSR count). The summed E-state index contributed by atoms with van der Waals surface area (Å²) in [6.07, 6.45) is 0.752. The number of hydrogen-bond donors (Lipinski definition) is 2. The zero-order chi connectivity index (χ0) is 19.4. The molecule has 2 aromatic carbocycles. The van der Waals surface area contributed by atoms with Crippen LogP contribution in [-0.2, 0) is 6.42 Å². The predicted molar refractivity (Wildman–Crippen MR) is 103 cm³/mol. The van der Waals surface area contributed by atoms with Gasteiger partial charge in [-0.3, -0.25) is 0 Å². The highest BCUT2D eigenvalue weighted by atomic mass is 16.5. The minimum absolute atomic E-state index is 0.00960. The molecular formula is C21H27NO5. The highest BCUT2D eigenvalue weighted by Crippen LogP contribution is 2.39. The Labute approximate surface area is 160 Å². The minimum Gasteiger partial charge on any atom is -0.497 e. The summed E-state index contributed by atoms with van der Waals surface area (Å²) in [5.74, 6) is 2.74. The molecule has 2 unspecified atom stereocenters. The molecule has 0 fully saturated rings. The fraction of sp³-hybridized carbons (Fsp3) is 0.429. The quantitative estimate of drug-likeness (QED) is 0.778. The first-order valence-corrected chi connectivity index (χ1v) is 8.99. The van der Waals surface area contributed by atoms with Gasteiger partial charge in [-0.25, -0.2) is 0 Å². The van der Waals surface area contributed by atoms with Crippen molar-refractivity contribution < 1.29 is 24.1 Å². The van der Waals surface area contributed by atoms with Gasteiger partial charge in [-0.05, 0) is 54.8 Å². The molecule has 2 N–H and O–H groups in total. The van der Waals surface area contributed by atoms with E-state index in [2.05, 4.69) is 5.32 Å². The number of rotatable bonds is 7. The SMILES string of the molecule is COc1ccc(C(O)CC2NCCc3cc(OC)c(OC)cc32)c(OC)c1. The van der Waals surface area contributed by atoms with E-state index in [-0.39, 0.29) is 6.04 Å². The smallest absolute Gasteiger partial charge is 0.161 e. The largest absolute Gasteiger partial charge is 0.497 e. The van der Waals surface area contributed by atoms with Crippen molar-refractivity contribution in [1.29, 1.82) is 0 Å². The number of hydrogen-bond acceptors (Lipinski definition) is 6. The molecule has 2 atom stereocenters. The third-order valence-corrected chi connectivity index (χ3v) is 5.06. The minimum atomic E-state index is -0.678. The standard InChI is InChI=1S/C21H27NO5/c1-24-14-5-6-15(19(10-14)25-2)18(23)12-17-16-11-21(27-4)20(26-3)9-13(16)7-8-22-17/h5-6,9-11,17-18,22-23H,7-8,12H2,1-4H3. The number of benzene rings is 2. The molecule has 6 heteroatoms. The number of ether oxygens (including phenoxy) is 4. The molecular weight excluding hydrogens is 346 g/mol. The molecule has 146 valence electrons. The summed E-state index contributed by atoms with van der Waals surface area (Å²) in [6, 6.07) is 9.51. The Morgan fingerprint density at radius 1 is 0.963 bits per heavy atom. The van der Waals surface area contributed by atoms with Crippen molar-refractivity contribution in [2.24, 2.45) is 0 Å². The van der Waals surface area contributed by atoms with Crippen LogP contribution in [-0.4, -0.2) is 40.1 Å². The van der Waals surface area contributed by atoms with Crippen LogP contribution in [0.15, 0.2) is 30.3 Å². The van der Waals surface area contributed by atoms with Gasteiger partial charge in [0.15, 0.2) is 11.5 Å². The van der Waals surface area contributed by atoms with Crippen molar-refractivity contribution in [3.8, 4) is 23.0 Å². The van der Waals surface area contributed by atoms with E-state index in [9.17, 15) is 5.11 Å². The van der Waals surface area contributed by atoms with Crippen LogP contribution in [0.3, 0.4) is 0 Å². The van der Waals surface area contributed by atoms with Crippen molar-refractivity contribution in [3.05, 3.63) is 47.0 Å². The van der Waals surface area contributed by atoms with Crippen LogP contribution >= 0.6 is 0 Å². The maximum Gasteiger partial charge on any atom is 0.161 e. The van der Waals surface area contributed by atoms with E-state index in [4.69, 9.17) is 18.9 Å². The van der Waals surface area contributed by atoms with Crippen molar-refractivity contribution >= 4 is 0 Å². The number of aliphatic hydroxyl groups is 1. The predicted octanol–water partition coefficient (Wildman–Crippen LogP) is 3.03. The van der Waals surface area contributed by atoms with Gasteiger partial charge in [0.25, 0.3) is 0 Å². The van der Waals surface area contributed by atoms with Gasteiger partial charge in [0, 0.05) is 17.7 Å². The molecule has 0 aliphatic carbocycles. The summed E-state index contributed by atoms with van der Waals surface area (Å²) in [4.78, 5) is 0. The van der Waals surface area contributed by atoms with Crippen LogP contribution in [0.25, 0.3) is 0 Å². The number of nitrogens with one attached hydrogen (secondary N) is 1. The Bertz CT molecular complexity index is 792. The van der Waals surface area contributed by atoms with Crippen molar-refractivity contribution in [3.63, 3.8) is 0 Å². The number of aliphatic hydroxyl groups excluding tert-OH is 1. The third kappa shape index (κ3) is 3.96. The summed E-state index contributed by atoms with van der Waals surface area (Å²) in [7, 11) is 6.47. The van der Waals surface area contributed by atoms with Gasteiger partial charge in [-0.2, -0.15) is 0 Å². The molecule has 1 aliphatic heterocycles. The summed E-state index contributed by atoms with van der Waals surface area (Å²) in [6.45, 7) is 0.847. The topological polar surface area (TPSA) is 69.2 Å². The fourth-order valence-electron chi connectivity index (χ4n) is 3.62. The molecule has 0 aromatic heterocycles. The highest BCUT2D eigenvalue weighted by Gasteiger charge is 2.26. The van der Waals surface area contributed by atoms with Crippen LogP contribution < -0.4 is 24.3 Å². The van der Waals surface area contributed by atoms with Crippen LogP contribution in [0.1, 0.15) is 35.3 Å². The molecule has 0 spiro atoms. The Morgan fingerprint density at radius 2 is 1.67 bits per heavy atom. The molecule has 0 radical (unpaired) electrons. The summed E-state index contributed by atoms with van der Waals surface area (Å²) in [5.41, 5.74) is 3.09. The van der Waals surface area contributed by atoms with E-state index in [1.807, 2.05) is 24.3 Å². The van der Waals surface area contributed by atoms with Crippen molar-refractivity contribution in [2.75, 3.05) is 35.0 Å². The Balaban J connectivity index is 1.87. The van der Waals surface area contributed by atoms with Gasteiger partial charge in [0.2, 0.25) is 0 Å². The monoisotopic (exact) mass is 373 g/mol. The lowest BCUT2D eigenvalue weighted by Gasteiger charge is -2.30. The van der Waals surface area contributed by atoms with E-state index in [0.29, 0.717) is 23.7 Å². The van der Waals surface area contributed by atoms with Crippen LogP contribution in [0, 0.1) is 0 Å².